The third-order valence-corrected chi connectivity index (χ3v) is 2.72. The fraction of sp³-hybridized carbons (Fsp3) is 0.286. The molecule has 0 aromatic heterocycles. The highest BCUT2D eigenvalue weighted by molar-refractivity contribution is 5.95. The van der Waals surface area contributed by atoms with Gasteiger partial charge in [-0.15, -0.1) is 0 Å². The number of nitrogens with zero attached hydrogens (tertiary/aromatic N) is 1. The van der Waals surface area contributed by atoms with Crippen LogP contribution in [0.15, 0.2) is 24.3 Å². The molecule has 6 N–H and O–H groups in total. The average molecular weight is 394 g/mol. The predicted molar refractivity (Wildman–Crippen MR) is 88.5 cm³/mol. The lowest BCUT2D eigenvalue weighted by atomic mass is 10.1. The molecule has 0 heterocycles. The number of carboxylic acids is 1. The van der Waals surface area contributed by atoms with Crippen LogP contribution in [-0.2, 0) is 4.79 Å². The van der Waals surface area contributed by atoms with Crippen LogP contribution in [0.1, 0.15) is 10.4 Å². The van der Waals surface area contributed by atoms with Crippen LogP contribution in [0.4, 0.5) is 24.5 Å². The molecule has 0 spiro atoms. The Hall–Kier alpha value is -3.35. The first-order valence-electron chi connectivity index (χ1n) is 7.00. The summed E-state index contributed by atoms with van der Waals surface area (Å²) in [6, 6.07) is 2.46. The molecule has 0 bridgehead atoms. The number of carbonyl (C=O) groups excluding carboxylic acids is 1. The summed E-state index contributed by atoms with van der Waals surface area (Å²) in [5.74, 6) is -3.34. The number of halogens is 3. The van der Waals surface area contributed by atoms with Gasteiger partial charge in [-0.25, -0.2) is 4.79 Å². The Bertz CT molecular complexity index is 722. The van der Waals surface area contributed by atoms with Crippen molar-refractivity contribution in [2.45, 2.75) is 6.18 Å². The average Bonchev–Trinajstić information content (AvgIpc) is 2.57. The molecule has 0 radical (unpaired) electrons. The first kappa shape index (κ1) is 23.6. The van der Waals surface area contributed by atoms with Crippen LogP contribution in [0.2, 0.25) is 0 Å². The highest BCUT2D eigenvalue weighted by Crippen LogP contribution is 2.35. The molecular formula is C14H17F3N4O6. The molecule has 0 unspecified atom stereocenters. The van der Waals surface area contributed by atoms with Gasteiger partial charge in [0.25, 0.3) is 5.69 Å². The second-order valence-corrected chi connectivity index (χ2v) is 4.58. The van der Waals surface area contributed by atoms with Gasteiger partial charge >= 0.3 is 12.1 Å². The summed E-state index contributed by atoms with van der Waals surface area (Å²) >= 11 is 0. The van der Waals surface area contributed by atoms with Gasteiger partial charge in [-0.3, -0.25) is 14.9 Å². The van der Waals surface area contributed by atoms with Crippen molar-refractivity contribution in [3.8, 4) is 5.75 Å². The summed E-state index contributed by atoms with van der Waals surface area (Å²) in [7, 11) is 1.35. The van der Waals surface area contributed by atoms with Crippen LogP contribution in [0.25, 0.3) is 0 Å². The number of nitrogens with two attached hydrogens (primary N) is 2. The third kappa shape index (κ3) is 8.04. The van der Waals surface area contributed by atoms with E-state index in [0.717, 1.165) is 6.07 Å². The molecule has 0 saturated heterocycles. The number of nitrogens with one attached hydrogen (secondary N) is 1. The number of benzene rings is 1. The number of ether oxygens (including phenoxy) is 1. The molecule has 0 atom stereocenters. The second-order valence-electron chi connectivity index (χ2n) is 4.58. The number of nitro groups is 1. The lowest BCUT2D eigenvalue weighted by Crippen LogP contribution is -2.21. The third-order valence-electron chi connectivity index (χ3n) is 2.72. The van der Waals surface area contributed by atoms with Gasteiger partial charge in [-0.2, -0.15) is 13.2 Å². The fourth-order valence-electron chi connectivity index (χ4n) is 1.57. The van der Waals surface area contributed by atoms with E-state index in [2.05, 4.69) is 5.32 Å². The van der Waals surface area contributed by atoms with Crippen LogP contribution >= 0.6 is 0 Å². The molecular weight excluding hydrogens is 377 g/mol. The number of carboxylic acid groups (broad SMARTS) is 1. The van der Waals surface area contributed by atoms with Crippen LogP contribution < -0.4 is 21.5 Å². The number of aliphatic carboxylic acids is 1. The number of hydrogen-bond acceptors (Lipinski definition) is 7. The van der Waals surface area contributed by atoms with E-state index in [1.165, 1.54) is 13.2 Å². The SMILES string of the molecule is COc1cc(C(N)=O)cc([N+](=O)[O-])c1NCC=CCN.O=C(O)C(F)(F)F. The summed E-state index contributed by atoms with van der Waals surface area (Å²) < 4.78 is 36.8. The number of rotatable bonds is 7. The van der Waals surface area contributed by atoms with Crippen molar-refractivity contribution in [1.82, 2.24) is 0 Å². The Kier molecular flexibility index (Phi) is 9.28. The van der Waals surface area contributed by atoms with E-state index in [1.54, 1.807) is 12.2 Å². The minimum atomic E-state index is -5.08. The van der Waals surface area contributed by atoms with Crippen LogP contribution in [0.3, 0.4) is 0 Å². The lowest BCUT2D eigenvalue weighted by molar-refractivity contribution is -0.384. The van der Waals surface area contributed by atoms with E-state index in [-0.39, 0.29) is 22.7 Å². The quantitative estimate of drug-likeness (QED) is 0.304. The summed E-state index contributed by atoms with van der Waals surface area (Å²) in [5.41, 5.74) is 10.3. The number of anilines is 1. The fourth-order valence-corrected chi connectivity index (χ4v) is 1.57. The Morgan fingerprint density at radius 3 is 2.30 bits per heavy atom. The number of alkyl halides is 3. The van der Waals surface area contributed by atoms with Crippen molar-refractivity contribution in [1.29, 1.82) is 0 Å². The smallest absolute Gasteiger partial charge is 0.490 e. The maximum Gasteiger partial charge on any atom is 0.490 e. The molecule has 0 aliphatic heterocycles. The summed E-state index contributed by atoms with van der Waals surface area (Å²) in [4.78, 5) is 30.5. The van der Waals surface area contributed by atoms with Gasteiger partial charge in [0.1, 0.15) is 5.75 Å². The molecule has 1 amide bonds. The number of primary amides is 1. The zero-order valence-electron chi connectivity index (χ0n) is 13.9. The zero-order chi connectivity index (χ0) is 21.2. The van der Waals surface area contributed by atoms with Gasteiger partial charge in [0.2, 0.25) is 5.91 Å². The largest absolute Gasteiger partial charge is 0.494 e. The monoisotopic (exact) mass is 394 g/mol. The Morgan fingerprint density at radius 1 is 1.37 bits per heavy atom. The van der Waals surface area contributed by atoms with Gasteiger partial charge < -0.3 is 26.6 Å². The topological polar surface area (TPSA) is 171 Å². The van der Waals surface area contributed by atoms with E-state index >= 15 is 0 Å². The van der Waals surface area contributed by atoms with Crippen molar-refractivity contribution in [2.75, 3.05) is 25.5 Å². The molecule has 0 fully saturated rings. The minimum Gasteiger partial charge on any atom is -0.494 e. The summed E-state index contributed by atoms with van der Waals surface area (Å²) in [5, 5.41) is 21.1. The summed E-state index contributed by atoms with van der Waals surface area (Å²) in [6.45, 7) is 0.714. The zero-order valence-corrected chi connectivity index (χ0v) is 13.9. The molecule has 13 heteroatoms. The van der Waals surface area contributed by atoms with Crippen LogP contribution in [0.5, 0.6) is 5.75 Å². The van der Waals surface area contributed by atoms with Crippen molar-refractivity contribution in [2.24, 2.45) is 11.5 Å². The van der Waals surface area contributed by atoms with Gasteiger partial charge in [0.05, 0.1) is 12.0 Å². The van der Waals surface area contributed by atoms with Crippen LogP contribution in [0, 0.1) is 10.1 Å². The normalized spacial score (nSPS) is 10.7. The van der Waals surface area contributed by atoms with Crippen molar-refractivity contribution in [3.05, 3.63) is 40.0 Å². The lowest BCUT2D eigenvalue weighted by Gasteiger charge is -2.11. The number of nitro benzene ring substituents is 1. The molecule has 27 heavy (non-hydrogen) atoms. The number of amides is 1. The molecule has 1 rings (SSSR count). The summed E-state index contributed by atoms with van der Waals surface area (Å²) in [6.07, 6.45) is -1.64. The second kappa shape index (κ2) is 10.6. The predicted octanol–water partition coefficient (Wildman–Crippen LogP) is 1.26. The molecule has 1 aromatic rings. The number of methoxy groups -OCH3 is 1. The van der Waals surface area contributed by atoms with Crippen molar-refractivity contribution in [3.63, 3.8) is 0 Å². The molecule has 0 aliphatic rings. The van der Waals surface area contributed by atoms with E-state index < -0.39 is 23.0 Å². The molecule has 0 aliphatic carbocycles. The Labute approximate surface area is 150 Å². The van der Waals surface area contributed by atoms with Gasteiger partial charge in [0.15, 0.2) is 5.69 Å². The number of hydrogen-bond donors (Lipinski definition) is 4. The Morgan fingerprint density at radius 2 is 1.93 bits per heavy atom. The van der Waals surface area contributed by atoms with E-state index in [1.807, 2.05) is 0 Å². The van der Waals surface area contributed by atoms with Gasteiger partial charge in [0, 0.05) is 24.7 Å². The maximum absolute atomic E-state index is 11.2. The van der Waals surface area contributed by atoms with Crippen molar-refractivity contribution < 1.29 is 37.5 Å². The highest BCUT2D eigenvalue weighted by Gasteiger charge is 2.38. The minimum absolute atomic E-state index is 0.0107. The standard InChI is InChI=1S/C12H16N4O4.C2HF3O2/c1-20-10-7-8(12(14)17)6-9(16(18)19)11(10)15-5-3-2-4-13;3-2(4,5)1(6)7/h2-3,6-7,15H,4-5,13H2,1H3,(H2,14,17);(H,6,7). The van der Waals surface area contributed by atoms with Crippen molar-refractivity contribution >= 4 is 23.3 Å². The first-order chi connectivity index (χ1) is 12.4. The molecule has 0 saturated carbocycles. The van der Waals surface area contributed by atoms with Gasteiger partial charge in [-0.1, -0.05) is 12.2 Å². The van der Waals surface area contributed by atoms with Crippen LogP contribution in [-0.4, -0.2) is 48.3 Å². The van der Waals surface area contributed by atoms with E-state index in [0.29, 0.717) is 13.1 Å². The first-order valence-corrected chi connectivity index (χ1v) is 7.00. The molecule has 10 nitrogen and oxygen atoms in total. The van der Waals surface area contributed by atoms with Gasteiger partial charge in [-0.05, 0) is 6.07 Å². The Balaban J connectivity index is 0.000000821. The highest BCUT2D eigenvalue weighted by atomic mass is 19.4. The van der Waals surface area contributed by atoms with E-state index in [4.69, 9.17) is 26.1 Å². The number of carbonyl (C=O) groups is 2. The molecule has 150 valence electrons. The molecule has 1 aromatic carbocycles. The van der Waals surface area contributed by atoms with E-state index in [9.17, 15) is 28.1 Å². The maximum atomic E-state index is 11.2.